The van der Waals surface area contributed by atoms with Gasteiger partial charge >= 0.3 is 0 Å². The molecular weight excluding hydrogens is 206 g/mol. The molecule has 6 nitrogen and oxygen atoms in total. The number of nitrogens with zero attached hydrogens (tertiary/aromatic N) is 3. The highest BCUT2D eigenvalue weighted by Gasteiger charge is 2.11. The largest absolute Gasteiger partial charge is 0.337 e. The van der Waals surface area contributed by atoms with Crippen LogP contribution in [0.5, 0.6) is 0 Å². The fraction of sp³-hybridized carbons (Fsp3) is 0.700. The van der Waals surface area contributed by atoms with Gasteiger partial charge in [-0.2, -0.15) is 5.10 Å². The number of aromatic nitrogens is 3. The Hall–Kier alpha value is -1.43. The van der Waals surface area contributed by atoms with Crippen LogP contribution in [0, 0.1) is 6.92 Å². The molecule has 0 aliphatic heterocycles. The van der Waals surface area contributed by atoms with Crippen LogP contribution < -0.4 is 5.32 Å². The van der Waals surface area contributed by atoms with Gasteiger partial charge in [-0.15, -0.1) is 0 Å². The molecule has 16 heavy (non-hydrogen) atoms. The van der Waals surface area contributed by atoms with Crippen LogP contribution in [0.4, 0.5) is 0 Å². The molecule has 0 spiro atoms. The van der Waals surface area contributed by atoms with E-state index in [0.29, 0.717) is 25.0 Å². The minimum Gasteiger partial charge on any atom is -0.337 e. The number of H-pyrrole nitrogens is 1. The zero-order valence-corrected chi connectivity index (χ0v) is 10.2. The second kappa shape index (κ2) is 5.60. The van der Waals surface area contributed by atoms with Crippen LogP contribution in [0.2, 0.25) is 0 Å². The van der Waals surface area contributed by atoms with Crippen LogP contribution in [0.3, 0.4) is 0 Å². The fourth-order valence-corrected chi connectivity index (χ4v) is 1.19. The average molecular weight is 225 g/mol. The van der Waals surface area contributed by atoms with Crippen molar-refractivity contribution in [2.75, 3.05) is 13.6 Å². The first-order chi connectivity index (χ1) is 7.49. The molecule has 0 bridgehead atoms. The van der Waals surface area contributed by atoms with Crippen molar-refractivity contribution in [3.05, 3.63) is 11.6 Å². The number of likely N-dealkylation sites (N-methyl/N-ethyl adjacent to an activating group) is 1. The maximum atomic E-state index is 11.7. The Morgan fingerprint density at radius 1 is 1.56 bits per heavy atom. The van der Waals surface area contributed by atoms with E-state index >= 15 is 0 Å². The number of rotatable bonds is 5. The third-order valence-electron chi connectivity index (χ3n) is 2.11. The van der Waals surface area contributed by atoms with Crippen LogP contribution in [0.15, 0.2) is 0 Å². The Morgan fingerprint density at radius 3 is 2.75 bits per heavy atom. The SMILES string of the molecule is Cc1nc(CN(C)C(=O)CNC(C)C)n[nH]1. The number of aryl methyl sites for hydroxylation is 1. The summed E-state index contributed by atoms with van der Waals surface area (Å²) >= 11 is 0. The Labute approximate surface area is 95.4 Å². The van der Waals surface area contributed by atoms with Gasteiger partial charge in [0, 0.05) is 13.1 Å². The Morgan fingerprint density at radius 2 is 2.25 bits per heavy atom. The van der Waals surface area contributed by atoms with Gasteiger partial charge in [0.1, 0.15) is 5.82 Å². The van der Waals surface area contributed by atoms with Gasteiger partial charge < -0.3 is 10.2 Å². The summed E-state index contributed by atoms with van der Waals surface area (Å²) in [6.07, 6.45) is 0. The molecule has 0 aromatic carbocycles. The number of amides is 1. The van der Waals surface area contributed by atoms with Crippen molar-refractivity contribution >= 4 is 5.91 Å². The second-order valence-electron chi connectivity index (χ2n) is 4.12. The third-order valence-corrected chi connectivity index (χ3v) is 2.11. The minimum absolute atomic E-state index is 0.0381. The second-order valence-corrected chi connectivity index (χ2v) is 4.12. The van der Waals surface area contributed by atoms with E-state index in [1.54, 1.807) is 11.9 Å². The first-order valence-electron chi connectivity index (χ1n) is 5.34. The molecule has 6 heteroatoms. The first kappa shape index (κ1) is 12.6. The van der Waals surface area contributed by atoms with Crippen molar-refractivity contribution in [1.82, 2.24) is 25.4 Å². The summed E-state index contributed by atoms with van der Waals surface area (Å²) in [5.74, 6) is 1.44. The Kier molecular flexibility index (Phi) is 4.42. The smallest absolute Gasteiger partial charge is 0.236 e. The third kappa shape index (κ3) is 3.98. The van der Waals surface area contributed by atoms with Crippen LogP contribution >= 0.6 is 0 Å². The molecule has 1 heterocycles. The molecule has 1 amide bonds. The van der Waals surface area contributed by atoms with Crippen LogP contribution in [0.25, 0.3) is 0 Å². The molecule has 1 aromatic rings. The molecule has 0 saturated carbocycles. The number of hydrogen-bond donors (Lipinski definition) is 2. The summed E-state index contributed by atoms with van der Waals surface area (Å²) < 4.78 is 0. The molecule has 0 saturated heterocycles. The van der Waals surface area contributed by atoms with Crippen LogP contribution in [0.1, 0.15) is 25.5 Å². The van der Waals surface area contributed by atoms with Crippen LogP contribution in [-0.2, 0) is 11.3 Å². The van der Waals surface area contributed by atoms with Gasteiger partial charge in [-0.25, -0.2) is 4.98 Å². The first-order valence-corrected chi connectivity index (χ1v) is 5.34. The minimum atomic E-state index is 0.0381. The van der Waals surface area contributed by atoms with E-state index in [2.05, 4.69) is 20.5 Å². The zero-order chi connectivity index (χ0) is 12.1. The lowest BCUT2D eigenvalue weighted by molar-refractivity contribution is -0.129. The highest BCUT2D eigenvalue weighted by atomic mass is 16.2. The van der Waals surface area contributed by atoms with Gasteiger partial charge in [-0.05, 0) is 6.92 Å². The molecule has 0 aliphatic carbocycles. The van der Waals surface area contributed by atoms with E-state index in [9.17, 15) is 4.79 Å². The van der Waals surface area contributed by atoms with Gasteiger partial charge in [0.05, 0.1) is 13.1 Å². The number of nitrogens with one attached hydrogen (secondary N) is 2. The molecule has 0 atom stereocenters. The van der Waals surface area contributed by atoms with Crippen molar-refractivity contribution < 1.29 is 4.79 Å². The van der Waals surface area contributed by atoms with E-state index in [1.807, 2.05) is 20.8 Å². The summed E-state index contributed by atoms with van der Waals surface area (Å²) in [5, 5.41) is 9.81. The topological polar surface area (TPSA) is 73.9 Å². The molecule has 1 rings (SSSR count). The Bertz CT molecular complexity index is 347. The van der Waals surface area contributed by atoms with Crippen molar-refractivity contribution in [3.8, 4) is 0 Å². The number of carbonyl (C=O) groups is 1. The number of hydrogen-bond acceptors (Lipinski definition) is 4. The molecule has 2 N–H and O–H groups in total. The number of aromatic amines is 1. The summed E-state index contributed by atoms with van der Waals surface area (Å²) in [4.78, 5) is 17.4. The summed E-state index contributed by atoms with van der Waals surface area (Å²) in [5.41, 5.74) is 0. The van der Waals surface area contributed by atoms with E-state index in [-0.39, 0.29) is 5.91 Å². The fourth-order valence-electron chi connectivity index (χ4n) is 1.19. The Balaban J connectivity index is 2.39. The van der Waals surface area contributed by atoms with Gasteiger partial charge in [0.2, 0.25) is 5.91 Å². The van der Waals surface area contributed by atoms with Gasteiger partial charge in [0.15, 0.2) is 5.82 Å². The lowest BCUT2D eigenvalue weighted by Gasteiger charge is -2.16. The standard InChI is InChI=1S/C10H19N5O/c1-7(2)11-5-10(16)15(4)6-9-12-8(3)13-14-9/h7,11H,5-6H2,1-4H3,(H,12,13,14). The maximum Gasteiger partial charge on any atom is 0.236 e. The molecule has 90 valence electrons. The lowest BCUT2D eigenvalue weighted by Crippen LogP contribution is -2.37. The van der Waals surface area contributed by atoms with E-state index in [0.717, 1.165) is 5.82 Å². The predicted octanol–water partition coefficient (Wildman–Crippen LogP) is 0.0695. The highest BCUT2D eigenvalue weighted by molar-refractivity contribution is 5.77. The van der Waals surface area contributed by atoms with Crippen molar-refractivity contribution in [2.24, 2.45) is 0 Å². The molecular formula is C10H19N5O. The zero-order valence-electron chi connectivity index (χ0n) is 10.2. The molecule has 1 aromatic heterocycles. The van der Waals surface area contributed by atoms with Crippen molar-refractivity contribution in [3.63, 3.8) is 0 Å². The van der Waals surface area contributed by atoms with E-state index < -0.39 is 0 Å². The predicted molar refractivity (Wildman–Crippen MR) is 60.7 cm³/mol. The lowest BCUT2D eigenvalue weighted by atomic mass is 10.4. The summed E-state index contributed by atoms with van der Waals surface area (Å²) in [6, 6.07) is 0.308. The average Bonchev–Trinajstić information content (AvgIpc) is 2.60. The summed E-state index contributed by atoms with van der Waals surface area (Å²) in [7, 11) is 1.75. The highest BCUT2D eigenvalue weighted by Crippen LogP contribution is 1.96. The molecule has 0 radical (unpaired) electrons. The van der Waals surface area contributed by atoms with E-state index in [4.69, 9.17) is 0 Å². The van der Waals surface area contributed by atoms with E-state index in [1.165, 1.54) is 0 Å². The van der Waals surface area contributed by atoms with Crippen molar-refractivity contribution in [1.29, 1.82) is 0 Å². The quantitative estimate of drug-likeness (QED) is 0.743. The molecule has 0 fully saturated rings. The molecule has 0 unspecified atom stereocenters. The normalized spacial score (nSPS) is 10.8. The van der Waals surface area contributed by atoms with Gasteiger partial charge in [-0.3, -0.25) is 9.89 Å². The monoisotopic (exact) mass is 225 g/mol. The van der Waals surface area contributed by atoms with Gasteiger partial charge in [0.25, 0.3) is 0 Å². The summed E-state index contributed by atoms with van der Waals surface area (Å²) in [6.45, 7) is 6.62. The van der Waals surface area contributed by atoms with Crippen molar-refractivity contribution in [2.45, 2.75) is 33.4 Å². The number of carbonyl (C=O) groups excluding carboxylic acids is 1. The maximum absolute atomic E-state index is 11.7. The van der Waals surface area contributed by atoms with Crippen LogP contribution in [-0.4, -0.2) is 45.6 Å². The molecule has 0 aliphatic rings. The van der Waals surface area contributed by atoms with Gasteiger partial charge in [-0.1, -0.05) is 13.8 Å².